The number of carbonyl (C=O) groups excluding carboxylic acids is 2. The first kappa shape index (κ1) is 28.7. The molecular formula is C31H45ClN4O2. The Morgan fingerprint density at radius 1 is 1.05 bits per heavy atom. The van der Waals surface area contributed by atoms with E-state index in [1.54, 1.807) is 4.90 Å². The summed E-state index contributed by atoms with van der Waals surface area (Å²) in [6.45, 7) is 14.9. The summed E-state index contributed by atoms with van der Waals surface area (Å²) in [6, 6.07) is 8.21. The molecule has 0 radical (unpaired) electrons. The summed E-state index contributed by atoms with van der Waals surface area (Å²) in [7, 11) is 0. The number of benzene rings is 1. The van der Waals surface area contributed by atoms with Crippen LogP contribution in [-0.2, 0) is 4.79 Å². The number of hydrogen-bond acceptors (Lipinski definition) is 3. The molecule has 2 heterocycles. The lowest BCUT2D eigenvalue weighted by atomic mass is 9.80. The molecule has 0 bridgehead atoms. The molecule has 3 amide bonds. The molecular weight excluding hydrogens is 496 g/mol. The van der Waals surface area contributed by atoms with Crippen molar-refractivity contribution < 1.29 is 9.59 Å². The van der Waals surface area contributed by atoms with E-state index >= 15 is 0 Å². The molecule has 0 saturated carbocycles. The summed E-state index contributed by atoms with van der Waals surface area (Å²) < 4.78 is 0. The van der Waals surface area contributed by atoms with Gasteiger partial charge >= 0.3 is 6.03 Å². The van der Waals surface area contributed by atoms with Crippen LogP contribution in [0.25, 0.3) is 0 Å². The van der Waals surface area contributed by atoms with Crippen molar-refractivity contribution in [1.29, 1.82) is 0 Å². The van der Waals surface area contributed by atoms with Gasteiger partial charge < -0.3 is 15.5 Å². The van der Waals surface area contributed by atoms with E-state index in [-0.39, 0.29) is 29.4 Å². The van der Waals surface area contributed by atoms with Gasteiger partial charge in [-0.05, 0) is 66.7 Å². The number of piperidine rings is 1. The predicted molar refractivity (Wildman–Crippen MR) is 155 cm³/mol. The average molecular weight is 541 g/mol. The van der Waals surface area contributed by atoms with Gasteiger partial charge in [-0.3, -0.25) is 9.69 Å². The third kappa shape index (κ3) is 6.63. The second kappa shape index (κ2) is 11.8. The minimum atomic E-state index is -0.359. The number of rotatable bonds is 5. The van der Waals surface area contributed by atoms with Gasteiger partial charge in [0.2, 0.25) is 5.91 Å². The molecule has 1 aromatic rings. The van der Waals surface area contributed by atoms with Crippen molar-refractivity contribution >= 4 is 23.5 Å². The molecule has 208 valence electrons. The fourth-order valence-electron chi connectivity index (χ4n) is 6.29. The second-order valence-electron chi connectivity index (χ2n) is 12.6. The van der Waals surface area contributed by atoms with Gasteiger partial charge in [0, 0.05) is 50.2 Å². The van der Waals surface area contributed by atoms with Crippen LogP contribution in [0, 0.1) is 17.3 Å². The largest absolute Gasteiger partial charge is 0.351 e. The number of likely N-dealkylation sites (tertiary alicyclic amines) is 1. The van der Waals surface area contributed by atoms with Crippen LogP contribution >= 0.6 is 11.6 Å². The smallest absolute Gasteiger partial charge is 0.314 e. The average Bonchev–Trinajstić information content (AvgIpc) is 2.87. The highest BCUT2D eigenvalue weighted by Gasteiger charge is 2.41. The molecule has 2 saturated heterocycles. The predicted octanol–water partition coefficient (Wildman–Crippen LogP) is 6.03. The van der Waals surface area contributed by atoms with Crippen LogP contribution in [0.1, 0.15) is 71.9 Å². The lowest BCUT2D eigenvalue weighted by Crippen LogP contribution is -2.60. The van der Waals surface area contributed by atoms with E-state index in [0.717, 1.165) is 43.9 Å². The van der Waals surface area contributed by atoms with Crippen molar-refractivity contribution in [1.82, 2.24) is 14.7 Å². The van der Waals surface area contributed by atoms with Gasteiger partial charge in [0.25, 0.3) is 0 Å². The van der Waals surface area contributed by atoms with Crippen LogP contribution in [-0.4, -0.2) is 65.4 Å². The van der Waals surface area contributed by atoms with Gasteiger partial charge in [0.1, 0.15) is 0 Å². The number of nitrogens with two attached hydrogens (primary N) is 1. The van der Waals surface area contributed by atoms with Gasteiger partial charge in [-0.1, -0.05) is 69.2 Å². The van der Waals surface area contributed by atoms with Crippen molar-refractivity contribution in [2.24, 2.45) is 23.0 Å². The number of primary amides is 1. The molecule has 4 rings (SSSR count). The summed E-state index contributed by atoms with van der Waals surface area (Å²) in [4.78, 5) is 31.6. The number of piperazine rings is 1. The van der Waals surface area contributed by atoms with E-state index in [1.165, 1.54) is 16.7 Å². The zero-order valence-electron chi connectivity index (χ0n) is 23.8. The standard InChI is InChI=1S/C31H45ClN4O2/c1-21-6-7-25(18-22(21)2)29(24-8-10-26(32)11-9-24)35-16-17-36(27(20-35)31(3,4)5)28(37)19-23-12-14-34(15-13-23)30(33)38/h6-11,22-23,27,29H,12-20H2,1-5H3,(H2,33,38). The number of allylic oxidation sites excluding steroid dienone is 3. The highest BCUT2D eigenvalue weighted by Crippen LogP contribution is 2.40. The van der Waals surface area contributed by atoms with Crippen LogP contribution in [0.5, 0.6) is 0 Å². The number of halogens is 1. The zero-order valence-corrected chi connectivity index (χ0v) is 24.5. The molecule has 2 N–H and O–H groups in total. The lowest BCUT2D eigenvalue weighted by Gasteiger charge is -2.50. The Balaban J connectivity index is 1.54. The highest BCUT2D eigenvalue weighted by molar-refractivity contribution is 6.30. The van der Waals surface area contributed by atoms with E-state index in [2.05, 4.69) is 68.7 Å². The summed E-state index contributed by atoms with van der Waals surface area (Å²) >= 11 is 6.26. The lowest BCUT2D eigenvalue weighted by molar-refractivity contribution is -0.141. The van der Waals surface area contributed by atoms with Gasteiger partial charge in [-0.2, -0.15) is 0 Å². The summed E-state index contributed by atoms with van der Waals surface area (Å²) in [5.41, 5.74) is 9.50. The molecule has 6 nitrogen and oxygen atoms in total. The minimum absolute atomic E-state index is 0.0566. The van der Waals surface area contributed by atoms with Crippen LogP contribution in [0.3, 0.4) is 0 Å². The summed E-state index contributed by atoms with van der Waals surface area (Å²) in [5, 5.41) is 0.749. The maximum atomic E-state index is 13.7. The molecule has 0 aromatic heterocycles. The Hall–Kier alpha value is -2.31. The van der Waals surface area contributed by atoms with Crippen LogP contribution in [0.15, 0.2) is 47.6 Å². The molecule has 0 spiro atoms. The topological polar surface area (TPSA) is 69.9 Å². The van der Waals surface area contributed by atoms with E-state index in [1.807, 2.05) is 12.1 Å². The number of nitrogens with zero attached hydrogens (tertiary/aromatic N) is 3. The first-order valence-electron chi connectivity index (χ1n) is 14.1. The highest BCUT2D eigenvalue weighted by atomic mass is 35.5. The maximum Gasteiger partial charge on any atom is 0.314 e. The fraction of sp³-hybridized carbons (Fsp3) is 0.613. The number of amides is 3. The maximum absolute atomic E-state index is 13.7. The van der Waals surface area contributed by atoms with E-state index in [9.17, 15) is 9.59 Å². The van der Waals surface area contributed by atoms with Gasteiger partial charge in [-0.15, -0.1) is 0 Å². The first-order valence-corrected chi connectivity index (χ1v) is 14.5. The van der Waals surface area contributed by atoms with E-state index in [4.69, 9.17) is 17.3 Å². The Labute approximate surface area is 233 Å². The zero-order chi connectivity index (χ0) is 27.6. The van der Waals surface area contributed by atoms with E-state index < -0.39 is 0 Å². The molecule has 3 unspecified atom stereocenters. The molecule has 1 aliphatic carbocycles. The van der Waals surface area contributed by atoms with Crippen molar-refractivity contribution in [3.05, 3.63) is 58.1 Å². The number of urea groups is 1. The minimum Gasteiger partial charge on any atom is -0.351 e. The summed E-state index contributed by atoms with van der Waals surface area (Å²) in [5.74, 6) is 1.07. The molecule has 7 heteroatoms. The van der Waals surface area contributed by atoms with Gasteiger partial charge in [0.15, 0.2) is 0 Å². The molecule has 1 aromatic carbocycles. The first-order chi connectivity index (χ1) is 17.9. The molecule has 2 fully saturated rings. The normalized spacial score (nSPS) is 24.6. The quantitative estimate of drug-likeness (QED) is 0.495. The third-order valence-electron chi connectivity index (χ3n) is 8.90. The second-order valence-corrected chi connectivity index (χ2v) is 13.1. The Bertz CT molecular complexity index is 1070. The Morgan fingerprint density at radius 2 is 1.71 bits per heavy atom. The van der Waals surface area contributed by atoms with Crippen molar-refractivity contribution in [3.63, 3.8) is 0 Å². The Morgan fingerprint density at radius 3 is 2.29 bits per heavy atom. The van der Waals surface area contributed by atoms with Crippen LogP contribution in [0.2, 0.25) is 5.02 Å². The Kier molecular flexibility index (Phi) is 8.93. The molecule has 3 aliphatic rings. The molecule has 3 atom stereocenters. The van der Waals surface area contributed by atoms with Crippen molar-refractivity contribution in [2.45, 2.75) is 72.4 Å². The summed E-state index contributed by atoms with van der Waals surface area (Å²) in [6.07, 6.45) is 7.86. The number of hydrogen-bond donors (Lipinski definition) is 1. The van der Waals surface area contributed by atoms with Crippen LogP contribution in [0.4, 0.5) is 4.79 Å². The van der Waals surface area contributed by atoms with Crippen LogP contribution < -0.4 is 5.73 Å². The number of carbonyl (C=O) groups is 2. The fourth-order valence-corrected chi connectivity index (χ4v) is 6.42. The van der Waals surface area contributed by atoms with Gasteiger partial charge in [0.05, 0.1) is 6.04 Å². The van der Waals surface area contributed by atoms with Crippen molar-refractivity contribution in [2.75, 3.05) is 32.7 Å². The SMILES string of the molecule is CC1=CC=C(C(c2ccc(Cl)cc2)N2CCN(C(=O)CC3CCN(C(N)=O)CC3)C(C(C)(C)C)C2)CC1C. The molecule has 2 aliphatic heterocycles. The van der Waals surface area contributed by atoms with Gasteiger partial charge in [-0.25, -0.2) is 4.79 Å². The van der Waals surface area contributed by atoms with Crippen molar-refractivity contribution in [3.8, 4) is 0 Å². The van der Waals surface area contributed by atoms with E-state index in [0.29, 0.717) is 31.3 Å². The third-order valence-corrected chi connectivity index (χ3v) is 9.15. The molecule has 38 heavy (non-hydrogen) atoms. The monoisotopic (exact) mass is 540 g/mol.